The molecule has 1 rings (SSSR count). The Balaban J connectivity index is 2.77. The van der Waals surface area contributed by atoms with Gasteiger partial charge in [-0.3, -0.25) is 4.79 Å². The number of carbonyl (C=O) groups is 2. The van der Waals surface area contributed by atoms with E-state index in [0.29, 0.717) is 5.56 Å². The van der Waals surface area contributed by atoms with Crippen LogP contribution in [-0.4, -0.2) is 22.5 Å². The van der Waals surface area contributed by atoms with Crippen molar-refractivity contribution in [1.29, 1.82) is 0 Å². The molecule has 5 N–H and O–H groups in total. The number of nitrogens with two attached hydrogens (primary N) is 2. The fraction of sp³-hybridized carbons (Fsp3) is 0.200. The zero-order valence-electron chi connectivity index (χ0n) is 8.01. The lowest BCUT2D eigenvalue weighted by Crippen LogP contribution is -2.57. The molecule has 0 spiro atoms. The second-order valence-corrected chi connectivity index (χ2v) is 3.31. The number of ketones is 1. The van der Waals surface area contributed by atoms with Crippen LogP contribution in [0.1, 0.15) is 16.8 Å². The summed E-state index contributed by atoms with van der Waals surface area (Å²) >= 11 is 0. The molecule has 0 heterocycles. The smallest absolute Gasteiger partial charge is 0.338 e. The molecule has 80 valence electrons. The molecule has 1 aromatic rings. The van der Waals surface area contributed by atoms with Crippen molar-refractivity contribution < 1.29 is 14.7 Å². The first-order valence-electron chi connectivity index (χ1n) is 4.33. The Labute approximate surface area is 86.7 Å². The molecule has 0 atom stereocenters. The summed E-state index contributed by atoms with van der Waals surface area (Å²) in [5.41, 5.74) is 8.91. The van der Waals surface area contributed by atoms with Crippen LogP contribution in [0.4, 0.5) is 0 Å². The maximum absolute atomic E-state index is 11.5. The molecule has 0 saturated heterocycles. The minimum absolute atomic E-state index is 0.386. The summed E-state index contributed by atoms with van der Waals surface area (Å²) in [7, 11) is 0. The van der Waals surface area contributed by atoms with Crippen LogP contribution in [0.15, 0.2) is 30.3 Å². The molecule has 0 unspecified atom stereocenters. The van der Waals surface area contributed by atoms with Gasteiger partial charge < -0.3 is 16.6 Å². The van der Waals surface area contributed by atoms with Crippen molar-refractivity contribution in [1.82, 2.24) is 0 Å². The molecule has 0 aliphatic carbocycles. The number of hydrogen-bond donors (Lipinski definition) is 3. The monoisotopic (exact) mass is 208 g/mol. The van der Waals surface area contributed by atoms with E-state index < -0.39 is 18.1 Å². The fourth-order valence-corrected chi connectivity index (χ4v) is 1.07. The van der Waals surface area contributed by atoms with Gasteiger partial charge in [0.25, 0.3) is 0 Å². The number of carboxylic acid groups (broad SMARTS) is 1. The van der Waals surface area contributed by atoms with E-state index in [1.54, 1.807) is 30.3 Å². The number of carboxylic acids is 1. The minimum atomic E-state index is -2.01. The van der Waals surface area contributed by atoms with Gasteiger partial charge in [-0.25, -0.2) is 4.79 Å². The highest BCUT2D eigenvalue weighted by molar-refractivity contribution is 5.99. The van der Waals surface area contributed by atoms with Gasteiger partial charge in [-0.15, -0.1) is 0 Å². The largest absolute Gasteiger partial charge is 0.479 e. The molecule has 0 saturated carbocycles. The van der Waals surface area contributed by atoms with Gasteiger partial charge in [-0.1, -0.05) is 30.3 Å². The maximum atomic E-state index is 11.5. The highest BCUT2D eigenvalue weighted by Gasteiger charge is 2.31. The second-order valence-electron chi connectivity index (χ2n) is 3.31. The van der Waals surface area contributed by atoms with Crippen LogP contribution in [0.3, 0.4) is 0 Å². The molecule has 0 bridgehead atoms. The molecule has 0 radical (unpaired) electrons. The topological polar surface area (TPSA) is 106 Å². The van der Waals surface area contributed by atoms with Crippen molar-refractivity contribution >= 4 is 11.8 Å². The Morgan fingerprint density at radius 3 is 2.20 bits per heavy atom. The van der Waals surface area contributed by atoms with E-state index in [1.807, 2.05) is 0 Å². The quantitative estimate of drug-likeness (QED) is 0.475. The lowest BCUT2D eigenvalue weighted by atomic mass is 10.00. The highest BCUT2D eigenvalue weighted by Crippen LogP contribution is 2.08. The van der Waals surface area contributed by atoms with Gasteiger partial charge in [0.1, 0.15) is 0 Å². The van der Waals surface area contributed by atoms with Crippen molar-refractivity contribution in [2.75, 3.05) is 0 Å². The molecule has 5 heteroatoms. The zero-order chi connectivity index (χ0) is 11.5. The summed E-state index contributed by atoms with van der Waals surface area (Å²) in [6.45, 7) is 0. The van der Waals surface area contributed by atoms with Gasteiger partial charge >= 0.3 is 5.97 Å². The SMILES string of the molecule is NC(N)(CC(=O)c1ccccc1)C(=O)O. The second kappa shape index (κ2) is 4.20. The van der Waals surface area contributed by atoms with Gasteiger partial charge in [-0.05, 0) is 0 Å². The van der Waals surface area contributed by atoms with E-state index in [-0.39, 0.29) is 5.78 Å². The molecule has 0 aliphatic heterocycles. The molecule has 0 aromatic heterocycles. The van der Waals surface area contributed by atoms with Gasteiger partial charge in [-0.2, -0.15) is 0 Å². The maximum Gasteiger partial charge on any atom is 0.338 e. The van der Waals surface area contributed by atoms with E-state index in [9.17, 15) is 9.59 Å². The number of rotatable bonds is 4. The predicted octanol–water partition coefficient (Wildman–Crippen LogP) is -0.0423. The van der Waals surface area contributed by atoms with Crippen molar-refractivity contribution in [3.63, 3.8) is 0 Å². The molecule has 1 aromatic carbocycles. The van der Waals surface area contributed by atoms with E-state index in [4.69, 9.17) is 16.6 Å². The number of aliphatic carboxylic acids is 1. The highest BCUT2D eigenvalue weighted by atomic mass is 16.4. The van der Waals surface area contributed by atoms with Crippen LogP contribution < -0.4 is 11.5 Å². The van der Waals surface area contributed by atoms with Gasteiger partial charge in [0.2, 0.25) is 0 Å². The predicted molar refractivity (Wildman–Crippen MR) is 54.1 cm³/mol. The summed E-state index contributed by atoms with van der Waals surface area (Å²) < 4.78 is 0. The van der Waals surface area contributed by atoms with Crippen LogP contribution in [0.2, 0.25) is 0 Å². The molecular formula is C10H12N2O3. The number of benzene rings is 1. The first kappa shape index (κ1) is 11.4. The van der Waals surface area contributed by atoms with Gasteiger partial charge in [0.15, 0.2) is 11.4 Å². The van der Waals surface area contributed by atoms with E-state index in [0.717, 1.165) is 0 Å². The fourth-order valence-electron chi connectivity index (χ4n) is 1.07. The van der Waals surface area contributed by atoms with Crippen molar-refractivity contribution in [3.05, 3.63) is 35.9 Å². The average molecular weight is 208 g/mol. The number of Topliss-reactive ketones (excluding diaryl/α,β-unsaturated/α-hetero) is 1. The first-order chi connectivity index (χ1) is 6.93. The van der Waals surface area contributed by atoms with Crippen LogP contribution in [0.25, 0.3) is 0 Å². The molecule has 15 heavy (non-hydrogen) atoms. The molecule has 0 aliphatic rings. The van der Waals surface area contributed by atoms with Crippen LogP contribution in [0.5, 0.6) is 0 Å². The third-order valence-corrected chi connectivity index (χ3v) is 1.95. The lowest BCUT2D eigenvalue weighted by molar-refractivity contribution is -0.143. The number of hydrogen-bond acceptors (Lipinski definition) is 4. The van der Waals surface area contributed by atoms with Crippen molar-refractivity contribution in [2.45, 2.75) is 12.1 Å². The average Bonchev–Trinajstić information content (AvgIpc) is 2.18. The molecule has 0 fully saturated rings. The summed E-state index contributed by atoms with van der Waals surface area (Å²) in [5, 5.41) is 8.63. The van der Waals surface area contributed by atoms with Crippen LogP contribution in [-0.2, 0) is 4.79 Å². The van der Waals surface area contributed by atoms with E-state index >= 15 is 0 Å². The standard InChI is InChI=1S/C10H12N2O3/c11-10(12,9(14)15)6-8(13)7-4-2-1-3-5-7/h1-5H,6,11-12H2,(H,14,15). The third-order valence-electron chi connectivity index (χ3n) is 1.95. The van der Waals surface area contributed by atoms with E-state index in [2.05, 4.69) is 0 Å². The normalized spacial score (nSPS) is 11.1. The van der Waals surface area contributed by atoms with Crippen molar-refractivity contribution in [3.8, 4) is 0 Å². The number of carbonyl (C=O) groups excluding carboxylic acids is 1. The van der Waals surface area contributed by atoms with Crippen LogP contribution in [0, 0.1) is 0 Å². The third kappa shape index (κ3) is 2.87. The lowest BCUT2D eigenvalue weighted by Gasteiger charge is -2.17. The van der Waals surface area contributed by atoms with E-state index in [1.165, 1.54) is 0 Å². The summed E-state index contributed by atoms with van der Waals surface area (Å²) in [6.07, 6.45) is -0.424. The minimum Gasteiger partial charge on any atom is -0.479 e. The Hall–Kier alpha value is -1.72. The Morgan fingerprint density at radius 2 is 1.73 bits per heavy atom. The zero-order valence-corrected chi connectivity index (χ0v) is 8.01. The molecular weight excluding hydrogens is 196 g/mol. The first-order valence-corrected chi connectivity index (χ1v) is 4.33. The molecule has 0 amide bonds. The Kier molecular flexibility index (Phi) is 3.18. The van der Waals surface area contributed by atoms with Gasteiger partial charge in [0.05, 0.1) is 6.42 Å². The summed E-state index contributed by atoms with van der Waals surface area (Å²) in [6, 6.07) is 8.29. The Bertz CT molecular complexity index is 374. The summed E-state index contributed by atoms with van der Waals surface area (Å²) in [4.78, 5) is 22.1. The van der Waals surface area contributed by atoms with Crippen LogP contribution >= 0.6 is 0 Å². The molecule has 5 nitrogen and oxygen atoms in total. The Morgan fingerprint density at radius 1 is 1.20 bits per heavy atom. The summed E-state index contributed by atoms with van der Waals surface area (Å²) in [5.74, 6) is -1.78. The van der Waals surface area contributed by atoms with Crippen molar-refractivity contribution in [2.24, 2.45) is 11.5 Å². The van der Waals surface area contributed by atoms with Gasteiger partial charge in [0, 0.05) is 5.56 Å².